The summed E-state index contributed by atoms with van der Waals surface area (Å²) < 4.78 is 37.4. The highest BCUT2D eigenvalue weighted by molar-refractivity contribution is 8.14. The van der Waals surface area contributed by atoms with Gasteiger partial charge in [-0.3, -0.25) is 9.79 Å². The number of rotatable bonds is 2. The fraction of sp³-hybridized carbons (Fsp3) is 0.286. The average molecular weight is 314 g/mol. The summed E-state index contributed by atoms with van der Waals surface area (Å²) in [6.07, 6.45) is -3.00. The summed E-state index contributed by atoms with van der Waals surface area (Å²) in [5.74, 6) is 0.512. The minimum absolute atomic E-state index is 0.333. The lowest BCUT2D eigenvalue weighted by Gasteiger charge is -2.08. The molecule has 0 saturated carbocycles. The third-order valence-electron chi connectivity index (χ3n) is 2.83. The molecule has 21 heavy (non-hydrogen) atoms. The van der Waals surface area contributed by atoms with Crippen LogP contribution in [0.1, 0.15) is 18.1 Å². The number of thioether (sulfide) groups is 1. The molecule has 1 aliphatic rings. The van der Waals surface area contributed by atoms with Crippen LogP contribution in [0, 0.1) is 0 Å². The fourth-order valence-electron chi connectivity index (χ4n) is 1.75. The zero-order valence-corrected chi connectivity index (χ0v) is 12.0. The zero-order chi connectivity index (χ0) is 15.5. The normalized spacial score (nSPS) is 15.8. The van der Waals surface area contributed by atoms with Crippen LogP contribution in [0.4, 0.5) is 13.2 Å². The van der Waals surface area contributed by atoms with Crippen LogP contribution in [0.3, 0.4) is 0 Å². The van der Waals surface area contributed by atoms with Crippen molar-refractivity contribution in [3.8, 4) is 0 Å². The quantitative estimate of drug-likeness (QED) is 0.851. The Morgan fingerprint density at radius 3 is 2.52 bits per heavy atom. The Bertz CT molecular complexity index is 591. The average Bonchev–Trinajstić information content (AvgIpc) is 2.90. The van der Waals surface area contributed by atoms with Gasteiger partial charge in [0.2, 0.25) is 5.91 Å². The van der Waals surface area contributed by atoms with Crippen LogP contribution in [0.15, 0.2) is 35.3 Å². The van der Waals surface area contributed by atoms with Gasteiger partial charge < -0.3 is 5.32 Å². The Kier molecular flexibility index (Phi) is 4.72. The summed E-state index contributed by atoms with van der Waals surface area (Å²) in [6, 6.07) is 4.70. The number of nitrogens with zero attached hydrogens (tertiary/aromatic N) is 1. The maximum Gasteiger partial charge on any atom is 0.416 e. The van der Waals surface area contributed by atoms with Gasteiger partial charge in [0.1, 0.15) is 0 Å². The van der Waals surface area contributed by atoms with Crippen LogP contribution >= 0.6 is 11.8 Å². The van der Waals surface area contributed by atoms with Crippen molar-refractivity contribution in [3.63, 3.8) is 0 Å². The predicted molar refractivity (Wildman–Crippen MR) is 78.0 cm³/mol. The second kappa shape index (κ2) is 6.34. The number of benzene rings is 1. The van der Waals surface area contributed by atoms with E-state index in [-0.39, 0.29) is 5.91 Å². The number of carbonyl (C=O) groups is 1. The highest BCUT2D eigenvalue weighted by Gasteiger charge is 2.29. The second-order valence-electron chi connectivity index (χ2n) is 4.43. The summed E-state index contributed by atoms with van der Waals surface area (Å²) in [7, 11) is 0. The Labute approximate surface area is 124 Å². The molecule has 1 heterocycles. The number of hydrogen-bond acceptors (Lipinski definition) is 3. The van der Waals surface area contributed by atoms with Gasteiger partial charge in [-0.1, -0.05) is 23.9 Å². The first-order valence-electron chi connectivity index (χ1n) is 6.20. The monoisotopic (exact) mass is 314 g/mol. The third-order valence-corrected chi connectivity index (χ3v) is 3.72. The molecule has 1 N–H and O–H groups in total. The van der Waals surface area contributed by atoms with Gasteiger partial charge in [-0.2, -0.15) is 13.2 Å². The van der Waals surface area contributed by atoms with Gasteiger partial charge in [0, 0.05) is 11.8 Å². The molecule has 0 aliphatic carbocycles. The maximum absolute atomic E-state index is 12.5. The summed E-state index contributed by atoms with van der Waals surface area (Å²) in [6.45, 7) is 2.35. The molecule has 0 bridgehead atoms. The predicted octanol–water partition coefficient (Wildman–Crippen LogP) is 3.33. The molecule has 0 aromatic heterocycles. The minimum atomic E-state index is -4.36. The van der Waals surface area contributed by atoms with Crippen LogP contribution in [-0.2, 0) is 11.0 Å². The standard InChI is InChI=1S/C14H13F3N2OS/c1-9(8-12(20)19-13-18-6-7-21-13)10-2-4-11(5-3-10)14(15,16)17/h2-5,8H,6-7H2,1H3,(H,18,19,20). The summed E-state index contributed by atoms with van der Waals surface area (Å²) in [5.41, 5.74) is 0.448. The first kappa shape index (κ1) is 15.6. The number of alkyl halides is 3. The number of hydrogen-bond donors (Lipinski definition) is 1. The number of allylic oxidation sites excluding steroid dienone is 1. The maximum atomic E-state index is 12.5. The first-order valence-corrected chi connectivity index (χ1v) is 7.19. The molecule has 0 spiro atoms. The van der Waals surface area contributed by atoms with Gasteiger partial charge >= 0.3 is 6.18 Å². The van der Waals surface area contributed by atoms with Crippen LogP contribution in [0.2, 0.25) is 0 Å². The van der Waals surface area contributed by atoms with Gasteiger partial charge in [0.25, 0.3) is 0 Å². The second-order valence-corrected chi connectivity index (χ2v) is 5.51. The summed E-state index contributed by atoms with van der Waals surface area (Å²) in [4.78, 5) is 15.8. The van der Waals surface area contributed by atoms with E-state index in [1.807, 2.05) is 0 Å². The van der Waals surface area contributed by atoms with Crippen LogP contribution in [0.25, 0.3) is 5.57 Å². The van der Waals surface area contributed by atoms with Crippen molar-refractivity contribution >= 4 is 28.4 Å². The smallest absolute Gasteiger partial charge is 0.302 e. The van der Waals surface area contributed by atoms with Gasteiger partial charge in [-0.05, 0) is 30.2 Å². The number of aliphatic imine (C=N–C) groups is 1. The molecule has 2 rings (SSSR count). The molecule has 112 valence electrons. The van der Waals surface area contributed by atoms with Crippen LogP contribution in [-0.4, -0.2) is 23.4 Å². The van der Waals surface area contributed by atoms with Gasteiger partial charge in [0.15, 0.2) is 5.17 Å². The van der Waals surface area contributed by atoms with Crippen molar-refractivity contribution in [2.45, 2.75) is 13.1 Å². The van der Waals surface area contributed by atoms with Crippen LogP contribution in [0.5, 0.6) is 0 Å². The number of amidine groups is 1. The van der Waals surface area contributed by atoms with Crippen molar-refractivity contribution in [3.05, 3.63) is 41.5 Å². The van der Waals surface area contributed by atoms with E-state index in [0.717, 1.165) is 17.9 Å². The van der Waals surface area contributed by atoms with Crippen molar-refractivity contribution < 1.29 is 18.0 Å². The Balaban J connectivity index is 2.06. The highest BCUT2D eigenvalue weighted by atomic mass is 32.2. The lowest BCUT2D eigenvalue weighted by Crippen LogP contribution is -2.25. The SMILES string of the molecule is CC(=CC(=O)NC1=NCCS1)c1ccc(C(F)(F)F)cc1. The Hall–Kier alpha value is -1.76. The van der Waals surface area contributed by atoms with E-state index in [1.165, 1.54) is 30.0 Å². The van der Waals surface area contributed by atoms with E-state index >= 15 is 0 Å². The van der Waals surface area contributed by atoms with Crippen LogP contribution < -0.4 is 5.32 Å². The number of amides is 1. The van der Waals surface area contributed by atoms with E-state index in [1.54, 1.807) is 6.92 Å². The van der Waals surface area contributed by atoms with Gasteiger partial charge in [0.05, 0.1) is 12.1 Å². The molecule has 1 amide bonds. The van der Waals surface area contributed by atoms with Crippen molar-refractivity contribution in [1.82, 2.24) is 5.32 Å². The number of halogens is 3. The molecule has 7 heteroatoms. The minimum Gasteiger partial charge on any atom is -0.302 e. The van der Waals surface area contributed by atoms with E-state index in [9.17, 15) is 18.0 Å². The molecule has 0 atom stereocenters. The van der Waals surface area contributed by atoms with Crippen molar-refractivity contribution in [1.29, 1.82) is 0 Å². The molecular formula is C14H13F3N2OS. The van der Waals surface area contributed by atoms with Crippen molar-refractivity contribution in [2.24, 2.45) is 4.99 Å². The van der Waals surface area contributed by atoms with Crippen molar-refractivity contribution in [2.75, 3.05) is 12.3 Å². The topological polar surface area (TPSA) is 41.5 Å². The van der Waals surface area contributed by atoms with E-state index in [4.69, 9.17) is 0 Å². The molecule has 0 saturated heterocycles. The van der Waals surface area contributed by atoms with E-state index in [0.29, 0.717) is 22.8 Å². The van der Waals surface area contributed by atoms with E-state index < -0.39 is 11.7 Å². The number of carbonyl (C=O) groups excluding carboxylic acids is 1. The third kappa shape index (κ3) is 4.35. The number of nitrogens with one attached hydrogen (secondary N) is 1. The summed E-state index contributed by atoms with van der Waals surface area (Å²) >= 11 is 1.46. The molecule has 1 aromatic carbocycles. The van der Waals surface area contributed by atoms with Gasteiger partial charge in [-0.25, -0.2) is 0 Å². The molecule has 1 aromatic rings. The lowest BCUT2D eigenvalue weighted by atomic mass is 10.0. The molecule has 1 aliphatic heterocycles. The highest BCUT2D eigenvalue weighted by Crippen LogP contribution is 2.29. The van der Waals surface area contributed by atoms with Gasteiger partial charge in [-0.15, -0.1) is 0 Å². The molecular weight excluding hydrogens is 301 g/mol. The Morgan fingerprint density at radius 1 is 1.33 bits per heavy atom. The van der Waals surface area contributed by atoms with E-state index in [2.05, 4.69) is 10.3 Å². The summed E-state index contributed by atoms with van der Waals surface area (Å²) in [5, 5.41) is 3.21. The molecule has 3 nitrogen and oxygen atoms in total. The largest absolute Gasteiger partial charge is 0.416 e. The first-order chi connectivity index (χ1) is 9.86. The molecule has 0 fully saturated rings. The Morgan fingerprint density at radius 2 is 2.00 bits per heavy atom. The molecule has 0 radical (unpaired) electrons. The molecule has 0 unspecified atom stereocenters. The lowest BCUT2D eigenvalue weighted by molar-refractivity contribution is -0.137. The zero-order valence-electron chi connectivity index (χ0n) is 11.2. The fourth-order valence-corrected chi connectivity index (χ4v) is 2.49.